The monoisotopic (exact) mass is 149 g/mol. The predicted molar refractivity (Wildman–Crippen MR) is 38.7 cm³/mol. The van der Waals surface area contributed by atoms with E-state index in [4.69, 9.17) is 0 Å². The molecule has 1 aliphatic carbocycles. The molecule has 1 aliphatic heterocycles. The van der Waals surface area contributed by atoms with E-state index in [1.807, 2.05) is 6.08 Å². The van der Waals surface area contributed by atoms with Crippen molar-refractivity contribution >= 4 is 11.7 Å². The van der Waals surface area contributed by atoms with Gasteiger partial charge in [0.15, 0.2) is 5.78 Å². The van der Waals surface area contributed by atoms with E-state index in [2.05, 4.69) is 5.32 Å². The van der Waals surface area contributed by atoms with Crippen molar-refractivity contribution < 1.29 is 9.59 Å². The number of carbonyl (C=O) groups is 2. The molecule has 1 amide bonds. The molecule has 0 aromatic heterocycles. The van der Waals surface area contributed by atoms with Gasteiger partial charge in [0.2, 0.25) is 5.91 Å². The van der Waals surface area contributed by atoms with Crippen molar-refractivity contribution in [1.29, 1.82) is 0 Å². The van der Waals surface area contributed by atoms with E-state index in [-0.39, 0.29) is 11.7 Å². The molecule has 56 valence electrons. The molecule has 2 rings (SSSR count). The van der Waals surface area contributed by atoms with Crippen LogP contribution in [0.5, 0.6) is 0 Å². The van der Waals surface area contributed by atoms with E-state index in [0.717, 1.165) is 5.57 Å². The minimum Gasteiger partial charge on any atom is -0.351 e. The summed E-state index contributed by atoms with van der Waals surface area (Å²) in [6.45, 7) is 0.527. The maximum absolute atomic E-state index is 11.1. The first-order valence-electron chi connectivity index (χ1n) is 3.48. The van der Waals surface area contributed by atoms with Crippen LogP contribution >= 0.6 is 0 Å². The first-order valence-corrected chi connectivity index (χ1v) is 3.48. The Labute approximate surface area is 63.8 Å². The summed E-state index contributed by atoms with van der Waals surface area (Å²) in [7, 11) is 0. The molecule has 0 spiro atoms. The van der Waals surface area contributed by atoms with Crippen LogP contribution < -0.4 is 5.32 Å². The van der Waals surface area contributed by atoms with Crippen LogP contribution in [-0.4, -0.2) is 18.2 Å². The second-order valence-electron chi connectivity index (χ2n) is 2.65. The van der Waals surface area contributed by atoms with Crippen LogP contribution in [0.1, 0.15) is 0 Å². The average Bonchev–Trinajstić information content (AvgIpc) is 2.34. The van der Waals surface area contributed by atoms with Crippen molar-refractivity contribution in [2.24, 2.45) is 5.92 Å². The number of nitrogens with one attached hydrogen (secondary N) is 1. The number of rotatable bonds is 0. The van der Waals surface area contributed by atoms with Gasteiger partial charge < -0.3 is 5.32 Å². The van der Waals surface area contributed by atoms with E-state index in [9.17, 15) is 9.59 Å². The van der Waals surface area contributed by atoms with Gasteiger partial charge in [0.05, 0.1) is 0 Å². The molecule has 3 nitrogen and oxygen atoms in total. The molecule has 1 N–H and O–H groups in total. The summed E-state index contributed by atoms with van der Waals surface area (Å²) in [6.07, 6.45) is 4.96. The summed E-state index contributed by atoms with van der Waals surface area (Å²) in [6, 6.07) is 0. The Bertz CT molecular complexity index is 288. The highest BCUT2D eigenvalue weighted by Gasteiger charge is 2.34. The van der Waals surface area contributed by atoms with Gasteiger partial charge in [0.1, 0.15) is 5.92 Å². The van der Waals surface area contributed by atoms with E-state index in [0.29, 0.717) is 6.54 Å². The van der Waals surface area contributed by atoms with Crippen molar-refractivity contribution in [3.05, 3.63) is 23.8 Å². The van der Waals surface area contributed by atoms with Crippen LogP contribution in [0.3, 0.4) is 0 Å². The number of hydrogen-bond donors (Lipinski definition) is 1. The SMILES string of the molecule is O=C1C=CC=C2CNC(=O)C12. The minimum atomic E-state index is -0.514. The summed E-state index contributed by atoms with van der Waals surface area (Å²) < 4.78 is 0. The van der Waals surface area contributed by atoms with Gasteiger partial charge in [-0.2, -0.15) is 0 Å². The second kappa shape index (κ2) is 2.05. The quantitative estimate of drug-likeness (QED) is 0.485. The molecule has 0 aromatic carbocycles. The third kappa shape index (κ3) is 0.808. The van der Waals surface area contributed by atoms with E-state index >= 15 is 0 Å². The molecular weight excluding hydrogens is 142 g/mol. The maximum Gasteiger partial charge on any atom is 0.235 e. The Kier molecular flexibility index (Phi) is 1.18. The smallest absolute Gasteiger partial charge is 0.235 e. The van der Waals surface area contributed by atoms with Gasteiger partial charge in [-0.15, -0.1) is 0 Å². The van der Waals surface area contributed by atoms with Crippen molar-refractivity contribution in [3.8, 4) is 0 Å². The highest BCUT2D eigenvalue weighted by molar-refractivity contribution is 6.11. The summed E-state index contributed by atoms with van der Waals surface area (Å²) >= 11 is 0. The zero-order valence-electron chi connectivity index (χ0n) is 5.83. The minimum absolute atomic E-state index is 0.0995. The molecule has 3 heteroatoms. The molecular formula is C8H7NO2. The van der Waals surface area contributed by atoms with Crippen LogP contribution in [0.15, 0.2) is 23.8 Å². The zero-order chi connectivity index (χ0) is 7.84. The van der Waals surface area contributed by atoms with Gasteiger partial charge in [0.25, 0.3) is 0 Å². The van der Waals surface area contributed by atoms with Crippen molar-refractivity contribution in [2.75, 3.05) is 6.54 Å². The number of allylic oxidation sites excluding steroid dienone is 3. The van der Waals surface area contributed by atoms with E-state index in [1.165, 1.54) is 6.08 Å². The van der Waals surface area contributed by atoms with Crippen molar-refractivity contribution in [1.82, 2.24) is 5.32 Å². The Morgan fingerprint density at radius 1 is 1.45 bits per heavy atom. The van der Waals surface area contributed by atoms with Gasteiger partial charge in [-0.1, -0.05) is 12.2 Å². The molecule has 0 saturated carbocycles. The lowest BCUT2D eigenvalue weighted by molar-refractivity contribution is -0.128. The average molecular weight is 149 g/mol. The zero-order valence-corrected chi connectivity index (χ0v) is 5.83. The predicted octanol–water partition coefficient (Wildman–Crippen LogP) is -0.202. The number of carbonyl (C=O) groups excluding carboxylic acids is 2. The Morgan fingerprint density at radius 3 is 3.00 bits per heavy atom. The molecule has 0 bridgehead atoms. The van der Waals surface area contributed by atoms with Crippen LogP contribution in [-0.2, 0) is 9.59 Å². The number of ketones is 1. The molecule has 0 aromatic rings. The summed E-state index contributed by atoms with van der Waals surface area (Å²) in [4.78, 5) is 22.1. The molecule has 1 atom stereocenters. The number of amides is 1. The van der Waals surface area contributed by atoms with Crippen molar-refractivity contribution in [2.45, 2.75) is 0 Å². The second-order valence-corrected chi connectivity index (χ2v) is 2.65. The van der Waals surface area contributed by atoms with Gasteiger partial charge in [-0.05, 0) is 11.6 Å². The van der Waals surface area contributed by atoms with Crippen LogP contribution in [0.2, 0.25) is 0 Å². The normalized spacial score (nSPS) is 28.0. The Balaban J connectivity index is 2.42. The molecule has 1 heterocycles. The Morgan fingerprint density at radius 2 is 2.27 bits per heavy atom. The first-order chi connectivity index (χ1) is 5.29. The lowest BCUT2D eigenvalue weighted by atomic mass is 9.93. The summed E-state index contributed by atoms with van der Waals surface area (Å²) in [5.41, 5.74) is 0.891. The molecule has 0 radical (unpaired) electrons. The standard InChI is InChI=1S/C8H7NO2/c10-6-3-1-2-5-4-9-8(11)7(5)6/h1-3,7H,4H2,(H,9,11). The van der Waals surface area contributed by atoms with E-state index in [1.54, 1.807) is 6.08 Å². The fourth-order valence-electron chi connectivity index (χ4n) is 1.39. The lowest BCUT2D eigenvalue weighted by Gasteiger charge is -2.06. The molecule has 1 unspecified atom stereocenters. The Hall–Kier alpha value is -1.38. The van der Waals surface area contributed by atoms with Gasteiger partial charge >= 0.3 is 0 Å². The number of hydrogen-bond acceptors (Lipinski definition) is 2. The van der Waals surface area contributed by atoms with Crippen LogP contribution in [0.4, 0.5) is 0 Å². The maximum atomic E-state index is 11.1. The van der Waals surface area contributed by atoms with Gasteiger partial charge in [-0.25, -0.2) is 0 Å². The molecule has 1 saturated heterocycles. The fourth-order valence-corrected chi connectivity index (χ4v) is 1.39. The molecule has 2 aliphatic rings. The third-order valence-electron chi connectivity index (χ3n) is 1.96. The molecule has 11 heavy (non-hydrogen) atoms. The van der Waals surface area contributed by atoms with Gasteiger partial charge in [0, 0.05) is 6.54 Å². The van der Waals surface area contributed by atoms with Crippen LogP contribution in [0, 0.1) is 5.92 Å². The lowest BCUT2D eigenvalue weighted by Crippen LogP contribution is -2.25. The van der Waals surface area contributed by atoms with Gasteiger partial charge in [-0.3, -0.25) is 9.59 Å². The highest BCUT2D eigenvalue weighted by Crippen LogP contribution is 2.21. The third-order valence-corrected chi connectivity index (χ3v) is 1.96. The first kappa shape index (κ1) is 6.34. The number of fused-ring (bicyclic) bond motifs is 1. The summed E-state index contributed by atoms with van der Waals surface area (Å²) in [5, 5.41) is 2.62. The fraction of sp³-hybridized carbons (Fsp3) is 0.250. The van der Waals surface area contributed by atoms with Crippen LogP contribution in [0.25, 0.3) is 0 Å². The van der Waals surface area contributed by atoms with E-state index < -0.39 is 5.92 Å². The largest absolute Gasteiger partial charge is 0.351 e. The van der Waals surface area contributed by atoms with Crippen molar-refractivity contribution in [3.63, 3.8) is 0 Å². The highest BCUT2D eigenvalue weighted by atomic mass is 16.2. The topological polar surface area (TPSA) is 46.2 Å². The molecule has 1 fully saturated rings. The summed E-state index contributed by atoms with van der Waals surface area (Å²) in [5.74, 6) is -0.775.